The molecule has 0 radical (unpaired) electrons. The lowest BCUT2D eigenvalue weighted by molar-refractivity contribution is -0.155. The Morgan fingerprint density at radius 1 is 0.880 bits per heavy atom. The molecule has 2 aromatic rings. The fourth-order valence-electron chi connectivity index (χ4n) is 2.48. The Bertz CT molecular complexity index is 656. The quantitative estimate of drug-likeness (QED) is 0.414. The molecule has 0 aliphatic rings. The highest BCUT2D eigenvalue weighted by atomic mass is 16.5. The van der Waals surface area contributed by atoms with Crippen molar-refractivity contribution in [2.24, 2.45) is 5.92 Å². The second-order valence-electron chi connectivity index (χ2n) is 5.52. The number of aliphatic carboxylic acids is 2. The normalized spacial score (nSPS) is 11.1. The van der Waals surface area contributed by atoms with Crippen molar-refractivity contribution in [2.45, 2.75) is 12.3 Å². The first-order valence-corrected chi connectivity index (χ1v) is 7.93. The first-order chi connectivity index (χ1) is 12.1. The Morgan fingerprint density at radius 2 is 1.36 bits per heavy atom. The highest BCUT2D eigenvalue weighted by Gasteiger charge is 2.25. The van der Waals surface area contributed by atoms with E-state index in [9.17, 15) is 9.59 Å². The van der Waals surface area contributed by atoms with Crippen LogP contribution in [0, 0.1) is 5.92 Å². The van der Waals surface area contributed by atoms with Crippen LogP contribution in [0.25, 0.3) is 0 Å². The van der Waals surface area contributed by atoms with E-state index in [4.69, 9.17) is 14.9 Å². The van der Waals surface area contributed by atoms with Crippen LogP contribution in [0.5, 0.6) is 0 Å². The van der Waals surface area contributed by atoms with Crippen LogP contribution < -0.4 is 0 Å². The number of benzene rings is 2. The third kappa shape index (κ3) is 5.49. The maximum Gasteiger partial charge on any atom is 0.318 e. The van der Waals surface area contributed by atoms with Crippen molar-refractivity contribution in [3.05, 3.63) is 84.1 Å². The maximum absolute atomic E-state index is 10.8. The van der Waals surface area contributed by atoms with E-state index in [2.05, 4.69) is 0 Å². The third-order valence-corrected chi connectivity index (χ3v) is 3.81. The van der Waals surface area contributed by atoms with E-state index in [0.717, 1.165) is 11.1 Å². The minimum atomic E-state index is -1.45. The Labute approximate surface area is 146 Å². The second-order valence-corrected chi connectivity index (χ2v) is 5.52. The fourth-order valence-corrected chi connectivity index (χ4v) is 2.48. The van der Waals surface area contributed by atoms with Gasteiger partial charge in [0.1, 0.15) is 0 Å². The number of allylic oxidation sites excluding steroid dienone is 1. The van der Waals surface area contributed by atoms with E-state index in [1.54, 1.807) is 0 Å². The molecule has 2 rings (SSSR count). The van der Waals surface area contributed by atoms with Crippen molar-refractivity contribution in [1.29, 1.82) is 0 Å². The van der Waals surface area contributed by atoms with Gasteiger partial charge in [-0.15, -0.1) is 0 Å². The first-order valence-electron chi connectivity index (χ1n) is 7.93. The van der Waals surface area contributed by atoms with Crippen LogP contribution in [0.3, 0.4) is 0 Å². The number of carbonyl (C=O) groups is 2. The molecule has 0 saturated heterocycles. The van der Waals surface area contributed by atoms with Crippen LogP contribution in [0.1, 0.15) is 23.5 Å². The molecule has 0 unspecified atom stereocenters. The number of hydrogen-bond donors (Lipinski definition) is 2. The van der Waals surface area contributed by atoms with Crippen molar-refractivity contribution < 1.29 is 24.5 Å². The molecule has 0 atom stereocenters. The average Bonchev–Trinajstić information content (AvgIpc) is 2.62. The smallest absolute Gasteiger partial charge is 0.318 e. The van der Waals surface area contributed by atoms with E-state index >= 15 is 0 Å². The van der Waals surface area contributed by atoms with Gasteiger partial charge in [0.2, 0.25) is 0 Å². The topological polar surface area (TPSA) is 83.8 Å². The number of rotatable bonds is 9. The summed E-state index contributed by atoms with van der Waals surface area (Å²) in [4.78, 5) is 21.7. The molecule has 5 heteroatoms. The van der Waals surface area contributed by atoms with Crippen LogP contribution in [-0.4, -0.2) is 28.8 Å². The van der Waals surface area contributed by atoms with Crippen LogP contribution >= 0.6 is 0 Å². The predicted molar refractivity (Wildman–Crippen MR) is 93.2 cm³/mol. The number of ether oxygens (including phenoxy) is 1. The van der Waals surface area contributed by atoms with E-state index in [0.29, 0.717) is 0 Å². The lowest BCUT2D eigenvalue weighted by Gasteiger charge is -2.14. The highest BCUT2D eigenvalue weighted by Crippen LogP contribution is 2.25. The van der Waals surface area contributed by atoms with Gasteiger partial charge in [-0.3, -0.25) is 9.59 Å². The summed E-state index contributed by atoms with van der Waals surface area (Å²) in [5.41, 5.74) is 2.20. The molecular formula is C20H20O5. The lowest BCUT2D eigenvalue weighted by atomic mass is 9.91. The van der Waals surface area contributed by atoms with E-state index in [-0.39, 0.29) is 18.9 Å². The molecule has 0 aliphatic carbocycles. The monoisotopic (exact) mass is 340 g/mol. The summed E-state index contributed by atoms with van der Waals surface area (Å²) < 4.78 is 5.33. The molecule has 0 aliphatic heterocycles. The zero-order valence-electron chi connectivity index (χ0n) is 13.6. The van der Waals surface area contributed by atoms with Crippen molar-refractivity contribution in [1.82, 2.24) is 0 Å². The van der Waals surface area contributed by atoms with Crippen molar-refractivity contribution in [2.75, 3.05) is 6.61 Å². The maximum atomic E-state index is 10.8. The summed E-state index contributed by atoms with van der Waals surface area (Å²) in [5, 5.41) is 17.7. The van der Waals surface area contributed by atoms with Gasteiger partial charge < -0.3 is 14.9 Å². The van der Waals surface area contributed by atoms with Crippen LogP contribution in [-0.2, 0) is 14.3 Å². The third-order valence-electron chi connectivity index (χ3n) is 3.81. The number of hydrogen-bond acceptors (Lipinski definition) is 3. The summed E-state index contributed by atoms with van der Waals surface area (Å²) in [6, 6.07) is 19.8. The van der Waals surface area contributed by atoms with Gasteiger partial charge >= 0.3 is 11.9 Å². The largest absolute Gasteiger partial charge is 0.501 e. The molecule has 0 saturated carbocycles. The van der Waals surface area contributed by atoms with Gasteiger partial charge in [0, 0.05) is 12.3 Å². The van der Waals surface area contributed by atoms with Crippen LogP contribution in [0.4, 0.5) is 0 Å². The minimum absolute atomic E-state index is 0.00264. The van der Waals surface area contributed by atoms with Gasteiger partial charge in [-0.2, -0.15) is 0 Å². The summed E-state index contributed by atoms with van der Waals surface area (Å²) >= 11 is 0. The summed E-state index contributed by atoms with van der Waals surface area (Å²) in [6.07, 6.45) is 3.29. The van der Waals surface area contributed by atoms with E-state index in [1.165, 1.54) is 6.26 Å². The summed E-state index contributed by atoms with van der Waals surface area (Å²) in [5.74, 6) is -4.16. The van der Waals surface area contributed by atoms with Gasteiger partial charge in [0.15, 0.2) is 5.92 Å². The fraction of sp³-hybridized carbons (Fsp3) is 0.200. The van der Waals surface area contributed by atoms with Gasteiger partial charge in [-0.1, -0.05) is 60.7 Å². The molecular weight excluding hydrogens is 320 g/mol. The zero-order valence-corrected chi connectivity index (χ0v) is 13.6. The Morgan fingerprint density at radius 3 is 1.80 bits per heavy atom. The predicted octanol–water partition coefficient (Wildman–Crippen LogP) is 3.52. The molecule has 0 heterocycles. The molecule has 0 fully saturated rings. The zero-order chi connectivity index (χ0) is 18.1. The SMILES string of the molecule is O=C(O)C(CCOC=CC(c1ccccc1)c1ccccc1)C(=O)O. The van der Waals surface area contributed by atoms with Crippen LogP contribution in [0.15, 0.2) is 73.0 Å². The highest BCUT2D eigenvalue weighted by molar-refractivity contribution is 5.92. The molecule has 2 aromatic carbocycles. The molecule has 5 nitrogen and oxygen atoms in total. The van der Waals surface area contributed by atoms with Gasteiger partial charge in [-0.25, -0.2) is 0 Å². The summed E-state index contributed by atoms with van der Waals surface area (Å²) in [7, 11) is 0. The Kier molecular flexibility index (Phi) is 6.77. The lowest BCUT2D eigenvalue weighted by Crippen LogP contribution is -2.24. The molecule has 0 spiro atoms. The second kappa shape index (κ2) is 9.27. The molecule has 130 valence electrons. The molecule has 0 amide bonds. The molecule has 25 heavy (non-hydrogen) atoms. The minimum Gasteiger partial charge on any atom is -0.501 e. The molecule has 0 aromatic heterocycles. The average molecular weight is 340 g/mol. The number of carboxylic acids is 2. The molecule has 2 N–H and O–H groups in total. The van der Waals surface area contributed by atoms with Crippen molar-refractivity contribution in [3.63, 3.8) is 0 Å². The van der Waals surface area contributed by atoms with Gasteiger partial charge in [0.25, 0.3) is 0 Å². The number of carboxylic acid groups (broad SMARTS) is 2. The Balaban J connectivity index is 2.01. The Hall–Kier alpha value is -3.08. The van der Waals surface area contributed by atoms with E-state index < -0.39 is 17.9 Å². The van der Waals surface area contributed by atoms with Gasteiger partial charge in [-0.05, 0) is 17.2 Å². The van der Waals surface area contributed by atoms with Crippen LogP contribution in [0.2, 0.25) is 0 Å². The first kappa shape index (κ1) is 18.3. The molecule has 0 bridgehead atoms. The standard InChI is InChI=1S/C20H20O5/c21-19(22)18(20(23)24)12-14-25-13-11-17(15-7-3-1-4-8-15)16-9-5-2-6-10-16/h1-11,13,17-18H,12,14H2,(H,21,22)(H,23,24). The van der Waals surface area contributed by atoms with Crippen molar-refractivity contribution >= 4 is 11.9 Å². The van der Waals surface area contributed by atoms with Gasteiger partial charge in [0.05, 0.1) is 12.9 Å². The van der Waals surface area contributed by atoms with Crippen molar-refractivity contribution in [3.8, 4) is 0 Å². The summed E-state index contributed by atoms with van der Waals surface area (Å²) in [6.45, 7) is 0.0239. The van der Waals surface area contributed by atoms with E-state index in [1.807, 2.05) is 66.7 Å².